The molecule has 100 valence electrons. The number of carbonyl (C=O) groups excluding carboxylic acids is 1. The standard InChI is InChI=1S/C13H21N3O2/c1-13(2,5-3-7-17)9-16-10-4-6-15-11(8-10)12(14)18/h4,6,8,17H,3,5,7,9H2,1-2H3,(H2,14,18)(H,15,16). The number of aliphatic hydroxyl groups is 1. The highest BCUT2D eigenvalue weighted by atomic mass is 16.2. The molecule has 0 bridgehead atoms. The van der Waals surface area contributed by atoms with Crippen LogP contribution >= 0.6 is 0 Å². The third kappa shape index (κ3) is 4.71. The Morgan fingerprint density at radius 1 is 1.56 bits per heavy atom. The van der Waals surface area contributed by atoms with Gasteiger partial charge in [-0.1, -0.05) is 13.8 Å². The second-order valence-electron chi connectivity index (χ2n) is 5.14. The molecule has 0 unspecified atom stereocenters. The van der Waals surface area contributed by atoms with E-state index in [-0.39, 0.29) is 17.7 Å². The number of aromatic nitrogens is 1. The minimum Gasteiger partial charge on any atom is -0.396 e. The van der Waals surface area contributed by atoms with Gasteiger partial charge in [0.05, 0.1) is 0 Å². The van der Waals surface area contributed by atoms with Gasteiger partial charge in [-0.25, -0.2) is 0 Å². The SMILES string of the molecule is CC(C)(CCCO)CNc1ccnc(C(N)=O)c1. The van der Waals surface area contributed by atoms with Crippen molar-refractivity contribution in [1.82, 2.24) is 4.98 Å². The highest BCUT2D eigenvalue weighted by molar-refractivity contribution is 5.91. The second kappa shape index (κ2) is 6.35. The average molecular weight is 251 g/mol. The highest BCUT2D eigenvalue weighted by Crippen LogP contribution is 2.22. The molecule has 0 aliphatic heterocycles. The van der Waals surface area contributed by atoms with E-state index in [1.54, 1.807) is 18.3 Å². The van der Waals surface area contributed by atoms with Crippen LogP contribution in [0.4, 0.5) is 5.69 Å². The van der Waals surface area contributed by atoms with E-state index in [0.29, 0.717) is 0 Å². The number of amides is 1. The molecule has 0 atom stereocenters. The van der Waals surface area contributed by atoms with Gasteiger partial charge in [-0.3, -0.25) is 9.78 Å². The topological polar surface area (TPSA) is 88.2 Å². The lowest BCUT2D eigenvalue weighted by atomic mass is 9.88. The first-order valence-electron chi connectivity index (χ1n) is 6.05. The molecule has 5 heteroatoms. The van der Waals surface area contributed by atoms with Crippen LogP contribution in [-0.4, -0.2) is 29.1 Å². The van der Waals surface area contributed by atoms with Crippen molar-refractivity contribution < 1.29 is 9.90 Å². The van der Waals surface area contributed by atoms with Crippen molar-refractivity contribution in [3.8, 4) is 0 Å². The Morgan fingerprint density at radius 2 is 2.28 bits per heavy atom. The van der Waals surface area contributed by atoms with Crippen LogP contribution in [0, 0.1) is 5.41 Å². The van der Waals surface area contributed by atoms with Crippen molar-refractivity contribution in [1.29, 1.82) is 0 Å². The number of nitrogens with one attached hydrogen (secondary N) is 1. The summed E-state index contributed by atoms with van der Waals surface area (Å²) in [5.41, 5.74) is 6.34. The summed E-state index contributed by atoms with van der Waals surface area (Å²) in [6.45, 7) is 5.23. The molecule has 0 aliphatic carbocycles. The predicted octanol–water partition coefficient (Wildman–Crippen LogP) is 1.39. The number of aliphatic hydroxyl groups excluding tert-OH is 1. The van der Waals surface area contributed by atoms with Gasteiger partial charge in [0, 0.05) is 25.0 Å². The van der Waals surface area contributed by atoms with Gasteiger partial charge >= 0.3 is 0 Å². The van der Waals surface area contributed by atoms with Crippen LogP contribution in [0.1, 0.15) is 37.2 Å². The number of anilines is 1. The first-order chi connectivity index (χ1) is 8.44. The van der Waals surface area contributed by atoms with Crippen molar-refractivity contribution >= 4 is 11.6 Å². The molecular weight excluding hydrogens is 230 g/mol. The Labute approximate surface area is 107 Å². The summed E-state index contributed by atoms with van der Waals surface area (Å²) in [5, 5.41) is 12.1. The van der Waals surface area contributed by atoms with E-state index in [1.807, 2.05) is 0 Å². The largest absolute Gasteiger partial charge is 0.396 e. The lowest BCUT2D eigenvalue weighted by molar-refractivity contribution is 0.0995. The molecule has 5 nitrogen and oxygen atoms in total. The zero-order valence-corrected chi connectivity index (χ0v) is 10.9. The number of pyridine rings is 1. The number of hydrogen-bond acceptors (Lipinski definition) is 4. The van der Waals surface area contributed by atoms with Crippen molar-refractivity contribution in [2.45, 2.75) is 26.7 Å². The minimum absolute atomic E-state index is 0.0822. The van der Waals surface area contributed by atoms with Crippen molar-refractivity contribution in [3.05, 3.63) is 24.0 Å². The molecule has 0 aliphatic rings. The van der Waals surface area contributed by atoms with Crippen LogP contribution in [0.2, 0.25) is 0 Å². The smallest absolute Gasteiger partial charge is 0.267 e. The molecule has 0 radical (unpaired) electrons. The normalized spacial score (nSPS) is 11.3. The molecule has 1 rings (SSSR count). The molecule has 18 heavy (non-hydrogen) atoms. The van der Waals surface area contributed by atoms with E-state index in [4.69, 9.17) is 10.8 Å². The van der Waals surface area contributed by atoms with Crippen molar-refractivity contribution in [2.24, 2.45) is 11.1 Å². The Morgan fingerprint density at radius 3 is 2.89 bits per heavy atom. The lowest BCUT2D eigenvalue weighted by Gasteiger charge is -2.25. The summed E-state index contributed by atoms with van der Waals surface area (Å²) in [7, 11) is 0. The van der Waals surface area contributed by atoms with Gasteiger partial charge in [-0.05, 0) is 30.4 Å². The fourth-order valence-electron chi connectivity index (χ4n) is 1.66. The van der Waals surface area contributed by atoms with Crippen LogP contribution in [0.3, 0.4) is 0 Å². The number of hydrogen-bond donors (Lipinski definition) is 3. The quantitative estimate of drug-likeness (QED) is 0.683. The summed E-state index contributed by atoms with van der Waals surface area (Å²) in [4.78, 5) is 14.9. The molecule has 0 saturated carbocycles. The number of nitrogens with zero attached hydrogens (tertiary/aromatic N) is 1. The van der Waals surface area contributed by atoms with Crippen molar-refractivity contribution in [2.75, 3.05) is 18.5 Å². The predicted molar refractivity (Wildman–Crippen MR) is 71.3 cm³/mol. The maximum atomic E-state index is 11.0. The van der Waals surface area contributed by atoms with Gasteiger partial charge in [0.15, 0.2) is 0 Å². The van der Waals surface area contributed by atoms with Gasteiger partial charge in [0.1, 0.15) is 5.69 Å². The number of carbonyl (C=O) groups is 1. The van der Waals surface area contributed by atoms with E-state index in [1.165, 1.54) is 0 Å². The van der Waals surface area contributed by atoms with Crippen LogP contribution in [0.15, 0.2) is 18.3 Å². The zero-order valence-electron chi connectivity index (χ0n) is 10.9. The summed E-state index contributed by atoms with van der Waals surface area (Å²) in [6.07, 6.45) is 3.28. The summed E-state index contributed by atoms with van der Waals surface area (Å²) in [5.74, 6) is -0.529. The van der Waals surface area contributed by atoms with Crippen LogP contribution < -0.4 is 11.1 Å². The maximum absolute atomic E-state index is 11.0. The molecule has 0 saturated heterocycles. The maximum Gasteiger partial charge on any atom is 0.267 e. The number of rotatable bonds is 7. The summed E-state index contributed by atoms with van der Waals surface area (Å²) < 4.78 is 0. The molecule has 1 aromatic heterocycles. The molecule has 1 amide bonds. The molecule has 1 heterocycles. The van der Waals surface area contributed by atoms with Gasteiger partial charge in [-0.15, -0.1) is 0 Å². The third-order valence-corrected chi connectivity index (χ3v) is 2.80. The molecule has 4 N–H and O–H groups in total. The second-order valence-corrected chi connectivity index (χ2v) is 5.14. The molecular formula is C13H21N3O2. The first kappa shape index (κ1) is 14.4. The van der Waals surface area contributed by atoms with Gasteiger partial charge in [-0.2, -0.15) is 0 Å². The fourth-order valence-corrected chi connectivity index (χ4v) is 1.66. The van der Waals surface area contributed by atoms with Crippen LogP contribution in [0.5, 0.6) is 0 Å². The van der Waals surface area contributed by atoms with Gasteiger partial charge in [0.2, 0.25) is 0 Å². The van der Waals surface area contributed by atoms with E-state index < -0.39 is 5.91 Å². The Balaban J connectivity index is 2.57. The Bertz CT molecular complexity index is 405. The minimum atomic E-state index is -0.529. The third-order valence-electron chi connectivity index (χ3n) is 2.80. The molecule has 1 aromatic rings. The van der Waals surface area contributed by atoms with Crippen molar-refractivity contribution in [3.63, 3.8) is 0 Å². The van der Waals surface area contributed by atoms with E-state index in [2.05, 4.69) is 24.1 Å². The summed E-state index contributed by atoms with van der Waals surface area (Å²) >= 11 is 0. The summed E-state index contributed by atoms with van der Waals surface area (Å²) in [6, 6.07) is 3.44. The highest BCUT2D eigenvalue weighted by Gasteiger charge is 2.17. The Hall–Kier alpha value is -1.62. The molecule has 0 aromatic carbocycles. The van der Waals surface area contributed by atoms with Crippen LogP contribution in [0.25, 0.3) is 0 Å². The van der Waals surface area contributed by atoms with Crippen LogP contribution in [-0.2, 0) is 0 Å². The van der Waals surface area contributed by atoms with Gasteiger partial charge < -0.3 is 16.2 Å². The van der Waals surface area contributed by atoms with Gasteiger partial charge in [0.25, 0.3) is 5.91 Å². The Kier molecular flexibility index (Phi) is 5.09. The first-order valence-corrected chi connectivity index (χ1v) is 6.05. The lowest BCUT2D eigenvalue weighted by Crippen LogP contribution is -2.23. The average Bonchev–Trinajstić information content (AvgIpc) is 2.34. The number of primary amides is 1. The zero-order chi connectivity index (χ0) is 13.6. The van der Waals surface area contributed by atoms with E-state index >= 15 is 0 Å². The fraction of sp³-hybridized carbons (Fsp3) is 0.538. The monoisotopic (exact) mass is 251 g/mol. The van der Waals surface area contributed by atoms with E-state index in [0.717, 1.165) is 25.1 Å². The molecule has 0 fully saturated rings. The number of nitrogens with two attached hydrogens (primary N) is 1. The molecule has 0 spiro atoms. The van der Waals surface area contributed by atoms with E-state index in [9.17, 15) is 4.79 Å².